The molecule has 0 saturated heterocycles. The minimum Gasteiger partial charge on any atom is -0.322 e. The maximum absolute atomic E-state index is 6.32. The van der Waals surface area contributed by atoms with Crippen LogP contribution in [0.5, 0.6) is 0 Å². The van der Waals surface area contributed by atoms with Gasteiger partial charge in [0.1, 0.15) is 0 Å². The summed E-state index contributed by atoms with van der Waals surface area (Å²) in [6, 6.07) is 2.01. The first-order valence-electron chi connectivity index (χ1n) is 6.40. The molecule has 19 heavy (non-hydrogen) atoms. The van der Waals surface area contributed by atoms with Gasteiger partial charge >= 0.3 is 0 Å². The fourth-order valence-electron chi connectivity index (χ4n) is 2.28. The molecule has 2 aromatic rings. The van der Waals surface area contributed by atoms with Crippen LogP contribution >= 0.6 is 15.9 Å². The van der Waals surface area contributed by atoms with Gasteiger partial charge in [-0.1, -0.05) is 6.92 Å². The zero-order valence-electron chi connectivity index (χ0n) is 11.8. The second-order valence-corrected chi connectivity index (χ2v) is 5.61. The number of hydrogen-bond donors (Lipinski definition) is 1. The van der Waals surface area contributed by atoms with Crippen LogP contribution < -0.4 is 5.73 Å². The molecule has 0 fully saturated rings. The van der Waals surface area contributed by atoms with E-state index in [-0.39, 0.29) is 6.04 Å². The van der Waals surface area contributed by atoms with Crippen molar-refractivity contribution in [2.24, 2.45) is 19.8 Å². The number of rotatable bonds is 4. The first kappa shape index (κ1) is 14.3. The van der Waals surface area contributed by atoms with Crippen LogP contribution in [0, 0.1) is 6.92 Å². The Kier molecular flexibility index (Phi) is 4.10. The second kappa shape index (κ2) is 5.46. The summed E-state index contributed by atoms with van der Waals surface area (Å²) in [5.74, 6) is 0. The van der Waals surface area contributed by atoms with Gasteiger partial charge in [0.15, 0.2) is 0 Å². The SMILES string of the molecule is CCc1cc(C(N)Cc2c(Br)c(C)nn2C)n(C)n1. The Morgan fingerprint density at radius 3 is 2.47 bits per heavy atom. The monoisotopic (exact) mass is 325 g/mol. The highest BCUT2D eigenvalue weighted by Crippen LogP contribution is 2.25. The van der Waals surface area contributed by atoms with E-state index in [2.05, 4.69) is 39.1 Å². The molecular formula is C13H20BrN5. The van der Waals surface area contributed by atoms with E-state index in [4.69, 9.17) is 5.73 Å². The van der Waals surface area contributed by atoms with E-state index in [9.17, 15) is 0 Å². The molecule has 2 N–H and O–H groups in total. The first-order valence-corrected chi connectivity index (χ1v) is 7.19. The van der Waals surface area contributed by atoms with E-state index >= 15 is 0 Å². The molecule has 0 aliphatic rings. The maximum atomic E-state index is 6.32. The lowest BCUT2D eigenvalue weighted by Crippen LogP contribution is -2.18. The molecule has 0 aliphatic heterocycles. The third kappa shape index (κ3) is 2.74. The molecule has 2 rings (SSSR count). The lowest BCUT2D eigenvalue weighted by Gasteiger charge is -2.12. The third-order valence-electron chi connectivity index (χ3n) is 3.38. The van der Waals surface area contributed by atoms with Crippen molar-refractivity contribution in [1.29, 1.82) is 0 Å². The van der Waals surface area contributed by atoms with Gasteiger partial charge in [0.2, 0.25) is 0 Å². The predicted molar refractivity (Wildman–Crippen MR) is 78.9 cm³/mol. The molecule has 0 amide bonds. The van der Waals surface area contributed by atoms with E-state index < -0.39 is 0 Å². The highest BCUT2D eigenvalue weighted by Gasteiger charge is 2.18. The maximum Gasteiger partial charge on any atom is 0.0738 e. The Labute approximate surface area is 121 Å². The molecule has 0 radical (unpaired) electrons. The van der Waals surface area contributed by atoms with E-state index in [1.807, 2.05) is 30.4 Å². The van der Waals surface area contributed by atoms with Gasteiger partial charge in [-0.25, -0.2) is 0 Å². The molecule has 1 atom stereocenters. The van der Waals surface area contributed by atoms with Crippen molar-refractivity contribution >= 4 is 15.9 Å². The van der Waals surface area contributed by atoms with Crippen molar-refractivity contribution < 1.29 is 0 Å². The van der Waals surface area contributed by atoms with Gasteiger partial charge in [-0.15, -0.1) is 0 Å². The largest absolute Gasteiger partial charge is 0.322 e. The minimum atomic E-state index is -0.0797. The third-order valence-corrected chi connectivity index (χ3v) is 4.42. The van der Waals surface area contributed by atoms with Crippen molar-refractivity contribution in [2.75, 3.05) is 0 Å². The lowest BCUT2D eigenvalue weighted by molar-refractivity contribution is 0.586. The van der Waals surface area contributed by atoms with Crippen molar-refractivity contribution in [2.45, 2.75) is 32.7 Å². The Balaban J connectivity index is 2.25. The Morgan fingerprint density at radius 1 is 1.32 bits per heavy atom. The summed E-state index contributed by atoms with van der Waals surface area (Å²) in [4.78, 5) is 0. The second-order valence-electron chi connectivity index (χ2n) is 4.82. The molecule has 0 spiro atoms. The number of hydrogen-bond acceptors (Lipinski definition) is 3. The lowest BCUT2D eigenvalue weighted by atomic mass is 10.1. The quantitative estimate of drug-likeness (QED) is 0.935. The fraction of sp³-hybridized carbons (Fsp3) is 0.538. The van der Waals surface area contributed by atoms with Crippen LogP contribution in [-0.2, 0) is 26.9 Å². The molecule has 0 aromatic carbocycles. The number of aromatic nitrogens is 4. The van der Waals surface area contributed by atoms with Crippen LogP contribution in [0.3, 0.4) is 0 Å². The molecule has 6 heteroatoms. The zero-order chi connectivity index (χ0) is 14.2. The molecule has 0 bridgehead atoms. The molecule has 0 saturated carbocycles. The van der Waals surface area contributed by atoms with Crippen LogP contribution in [0.2, 0.25) is 0 Å². The molecular weight excluding hydrogens is 306 g/mol. The average Bonchev–Trinajstić information content (AvgIpc) is 2.85. The van der Waals surface area contributed by atoms with Crippen LogP contribution in [0.25, 0.3) is 0 Å². The van der Waals surface area contributed by atoms with E-state index in [1.54, 1.807) is 0 Å². The van der Waals surface area contributed by atoms with Gasteiger partial charge in [0.25, 0.3) is 0 Å². The zero-order valence-corrected chi connectivity index (χ0v) is 13.4. The molecule has 5 nitrogen and oxygen atoms in total. The highest BCUT2D eigenvalue weighted by molar-refractivity contribution is 9.10. The Morgan fingerprint density at radius 2 is 2.00 bits per heavy atom. The summed E-state index contributed by atoms with van der Waals surface area (Å²) in [5.41, 5.74) is 10.6. The highest BCUT2D eigenvalue weighted by atomic mass is 79.9. The number of nitrogens with zero attached hydrogens (tertiary/aromatic N) is 4. The van der Waals surface area contributed by atoms with Crippen molar-refractivity contribution in [1.82, 2.24) is 19.6 Å². The van der Waals surface area contributed by atoms with Gasteiger partial charge in [-0.3, -0.25) is 9.36 Å². The summed E-state index contributed by atoms with van der Waals surface area (Å²) in [6.07, 6.45) is 1.66. The normalized spacial score (nSPS) is 12.9. The summed E-state index contributed by atoms with van der Waals surface area (Å²) >= 11 is 3.58. The number of aryl methyl sites for hydroxylation is 4. The van der Waals surface area contributed by atoms with Crippen molar-refractivity contribution in [3.63, 3.8) is 0 Å². The van der Waals surface area contributed by atoms with Crippen LogP contribution in [0.4, 0.5) is 0 Å². The molecule has 1 unspecified atom stereocenters. The average molecular weight is 326 g/mol. The first-order chi connectivity index (χ1) is 8.93. The van der Waals surface area contributed by atoms with Crippen molar-refractivity contribution in [3.05, 3.63) is 33.3 Å². The minimum absolute atomic E-state index is 0.0797. The Hall–Kier alpha value is -1.14. The molecule has 0 aliphatic carbocycles. The summed E-state index contributed by atoms with van der Waals surface area (Å²) in [6.45, 7) is 4.08. The van der Waals surface area contributed by atoms with Crippen LogP contribution in [-0.4, -0.2) is 19.6 Å². The summed E-state index contributed by atoms with van der Waals surface area (Å²) in [7, 11) is 3.89. The van der Waals surface area contributed by atoms with Gasteiger partial charge in [-0.2, -0.15) is 10.2 Å². The van der Waals surface area contributed by atoms with Gasteiger partial charge in [0, 0.05) is 20.5 Å². The Bertz CT molecular complexity index is 584. The van der Waals surface area contributed by atoms with Gasteiger partial charge < -0.3 is 5.73 Å². The predicted octanol–water partition coefficient (Wildman–Crippen LogP) is 2.03. The molecule has 2 aromatic heterocycles. The summed E-state index contributed by atoms with van der Waals surface area (Å²) < 4.78 is 4.81. The topological polar surface area (TPSA) is 61.7 Å². The smallest absolute Gasteiger partial charge is 0.0738 e. The fourth-order valence-corrected chi connectivity index (χ4v) is 2.78. The van der Waals surface area contributed by atoms with Crippen molar-refractivity contribution in [3.8, 4) is 0 Å². The molecule has 104 valence electrons. The number of nitrogens with two attached hydrogens (primary N) is 1. The standard InChI is InChI=1S/C13H20BrN5/c1-5-9-6-11(18(3)17-9)10(15)7-12-13(14)8(2)16-19(12)4/h6,10H,5,7,15H2,1-4H3. The number of halogens is 1. The van der Waals surface area contributed by atoms with E-state index in [1.165, 1.54) is 0 Å². The molecule has 2 heterocycles. The van der Waals surface area contributed by atoms with E-state index in [0.29, 0.717) is 0 Å². The van der Waals surface area contributed by atoms with Gasteiger partial charge in [0.05, 0.1) is 33.3 Å². The van der Waals surface area contributed by atoms with Gasteiger partial charge in [-0.05, 0) is 35.3 Å². The summed E-state index contributed by atoms with van der Waals surface area (Å²) in [5, 5.41) is 8.84. The van der Waals surface area contributed by atoms with E-state index in [0.717, 1.165) is 40.1 Å². The van der Waals surface area contributed by atoms with Crippen LogP contribution in [0.15, 0.2) is 10.5 Å². The van der Waals surface area contributed by atoms with Crippen LogP contribution in [0.1, 0.15) is 35.7 Å².